The molecule has 1 atom stereocenters. The average Bonchev–Trinajstić information content (AvgIpc) is 3.36. The predicted molar refractivity (Wildman–Crippen MR) is 109 cm³/mol. The summed E-state index contributed by atoms with van der Waals surface area (Å²) in [4.78, 5) is 35.9. The molecule has 2 amide bonds. The number of thiazole rings is 1. The van der Waals surface area contributed by atoms with Gasteiger partial charge in [-0.25, -0.2) is 4.98 Å². The maximum absolute atomic E-state index is 12.9. The fourth-order valence-electron chi connectivity index (χ4n) is 3.55. The van der Waals surface area contributed by atoms with Gasteiger partial charge < -0.3 is 10.2 Å². The minimum Gasteiger partial charge on any atom is -0.337 e. The summed E-state index contributed by atoms with van der Waals surface area (Å²) >= 11 is 1.36. The highest BCUT2D eigenvalue weighted by atomic mass is 32.1. The van der Waals surface area contributed by atoms with Crippen molar-refractivity contribution in [3.63, 3.8) is 0 Å². The van der Waals surface area contributed by atoms with E-state index in [2.05, 4.69) is 20.4 Å². The van der Waals surface area contributed by atoms with E-state index in [0.717, 1.165) is 29.8 Å². The number of fused-ring (bicyclic) bond motifs is 1. The van der Waals surface area contributed by atoms with E-state index in [0.29, 0.717) is 24.6 Å². The first kappa shape index (κ1) is 19.3. The van der Waals surface area contributed by atoms with Gasteiger partial charge in [0.15, 0.2) is 5.13 Å². The molecule has 3 aromatic heterocycles. The van der Waals surface area contributed by atoms with Crippen LogP contribution in [0.5, 0.6) is 0 Å². The SMILES string of the molecule is Cn1cc2c(n1)[C@@H](C(=O)Nc1nccs1)CN(C(=O)CCCc1ccccn1)C2. The molecule has 0 aromatic carbocycles. The summed E-state index contributed by atoms with van der Waals surface area (Å²) in [5, 5.41) is 9.66. The quantitative estimate of drug-likeness (QED) is 0.673. The predicted octanol–water partition coefficient (Wildman–Crippen LogP) is 2.36. The van der Waals surface area contributed by atoms with Gasteiger partial charge in [0, 0.05) is 61.8 Å². The molecule has 4 heterocycles. The van der Waals surface area contributed by atoms with Crippen molar-refractivity contribution < 1.29 is 9.59 Å². The van der Waals surface area contributed by atoms with Crippen molar-refractivity contribution >= 4 is 28.3 Å². The zero-order valence-corrected chi connectivity index (χ0v) is 16.9. The molecule has 8 nitrogen and oxygen atoms in total. The lowest BCUT2D eigenvalue weighted by atomic mass is 9.95. The van der Waals surface area contributed by atoms with Crippen molar-refractivity contribution in [1.29, 1.82) is 0 Å². The van der Waals surface area contributed by atoms with Gasteiger partial charge in [0.05, 0.1) is 5.69 Å². The lowest BCUT2D eigenvalue weighted by Gasteiger charge is -2.31. The Labute approximate surface area is 172 Å². The zero-order valence-electron chi connectivity index (χ0n) is 16.1. The number of hydrogen-bond donors (Lipinski definition) is 1. The first-order valence-corrected chi connectivity index (χ1v) is 10.4. The van der Waals surface area contributed by atoms with Gasteiger partial charge >= 0.3 is 0 Å². The zero-order chi connectivity index (χ0) is 20.2. The molecule has 0 radical (unpaired) electrons. The highest BCUT2D eigenvalue weighted by Gasteiger charge is 2.35. The molecule has 0 spiro atoms. The molecule has 150 valence electrons. The molecular formula is C20H22N6O2S. The largest absolute Gasteiger partial charge is 0.337 e. The number of pyridine rings is 1. The first-order valence-electron chi connectivity index (χ1n) is 9.50. The lowest BCUT2D eigenvalue weighted by Crippen LogP contribution is -2.42. The first-order chi connectivity index (χ1) is 14.1. The summed E-state index contributed by atoms with van der Waals surface area (Å²) in [5.74, 6) is -0.656. The summed E-state index contributed by atoms with van der Waals surface area (Å²) in [7, 11) is 1.83. The van der Waals surface area contributed by atoms with E-state index in [-0.39, 0.29) is 11.8 Å². The number of nitrogens with zero attached hydrogens (tertiary/aromatic N) is 5. The van der Waals surface area contributed by atoms with Gasteiger partial charge in [0.2, 0.25) is 11.8 Å². The number of aryl methyl sites for hydroxylation is 2. The molecular weight excluding hydrogens is 388 g/mol. The number of rotatable bonds is 6. The molecule has 1 aliphatic heterocycles. The Morgan fingerprint density at radius 2 is 2.17 bits per heavy atom. The molecule has 1 N–H and O–H groups in total. The van der Waals surface area contributed by atoms with E-state index in [1.165, 1.54) is 11.3 Å². The summed E-state index contributed by atoms with van der Waals surface area (Å²) in [6.07, 6.45) is 7.19. The van der Waals surface area contributed by atoms with Crippen molar-refractivity contribution in [1.82, 2.24) is 24.6 Å². The number of aromatic nitrogens is 4. The molecule has 9 heteroatoms. The molecule has 4 rings (SSSR count). The van der Waals surface area contributed by atoms with Crippen LogP contribution in [0.25, 0.3) is 0 Å². The van der Waals surface area contributed by atoms with Crippen LogP contribution in [0, 0.1) is 0 Å². The van der Waals surface area contributed by atoms with Gasteiger partial charge in [-0.1, -0.05) is 6.07 Å². The van der Waals surface area contributed by atoms with E-state index in [1.54, 1.807) is 27.4 Å². The van der Waals surface area contributed by atoms with E-state index >= 15 is 0 Å². The maximum atomic E-state index is 12.9. The highest BCUT2D eigenvalue weighted by Crippen LogP contribution is 2.29. The Kier molecular flexibility index (Phi) is 5.66. The van der Waals surface area contributed by atoms with E-state index in [4.69, 9.17) is 0 Å². The number of hydrogen-bond acceptors (Lipinski definition) is 6. The fraction of sp³-hybridized carbons (Fsp3) is 0.350. The molecule has 0 saturated carbocycles. The molecule has 29 heavy (non-hydrogen) atoms. The normalized spacial score (nSPS) is 15.8. The molecule has 0 unspecified atom stereocenters. The summed E-state index contributed by atoms with van der Waals surface area (Å²) in [6, 6.07) is 5.79. The van der Waals surface area contributed by atoms with Crippen molar-refractivity contribution in [3.8, 4) is 0 Å². The number of nitrogens with one attached hydrogen (secondary N) is 1. The minimum absolute atomic E-state index is 0.0440. The second kappa shape index (κ2) is 8.52. The van der Waals surface area contributed by atoms with Gasteiger partial charge in [-0.05, 0) is 25.0 Å². The van der Waals surface area contributed by atoms with Crippen LogP contribution in [0.15, 0.2) is 42.2 Å². The summed E-state index contributed by atoms with van der Waals surface area (Å²) in [6.45, 7) is 0.802. The Morgan fingerprint density at radius 3 is 2.93 bits per heavy atom. The Balaban J connectivity index is 1.43. The third kappa shape index (κ3) is 4.51. The summed E-state index contributed by atoms with van der Waals surface area (Å²) < 4.78 is 1.70. The minimum atomic E-state index is -0.511. The van der Waals surface area contributed by atoms with Crippen molar-refractivity contribution in [2.24, 2.45) is 7.05 Å². The van der Waals surface area contributed by atoms with Gasteiger partial charge in [-0.3, -0.25) is 19.3 Å². The van der Waals surface area contributed by atoms with Crippen LogP contribution < -0.4 is 5.32 Å². The monoisotopic (exact) mass is 410 g/mol. The standard InChI is InChI=1S/C20H22N6O2S/c1-25-11-14-12-26(17(27)7-4-6-15-5-2-3-8-21-15)13-16(18(14)24-25)19(28)23-20-22-9-10-29-20/h2-3,5,8-11,16H,4,6-7,12-13H2,1H3,(H,22,23,28)/t16-/m0/s1. The van der Waals surface area contributed by atoms with Crippen LogP contribution in [-0.2, 0) is 29.6 Å². The maximum Gasteiger partial charge on any atom is 0.237 e. The van der Waals surface area contributed by atoms with Crippen LogP contribution in [-0.4, -0.2) is 43.0 Å². The smallest absolute Gasteiger partial charge is 0.237 e. The van der Waals surface area contributed by atoms with Crippen molar-refractivity contribution in [2.75, 3.05) is 11.9 Å². The lowest BCUT2D eigenvalue weighted by molar-refractivity contribution is -0.133. The third-order valence-electron chi connectivity index (χ3n) is 4.91. The van der Waals surface area contributed by atoms with E-state index in [1.807, 2.05) is 31.4 Å². The molecule has 0 saturated heterocycles. The Bertz CT molecular complexity index is 986. The summed E-state index contributed by atoms with van der Waals surface area (Å²) in [5.41, 5.74) is 2.63. The number of carbonyl (C=O) groups is 2. The molecule has 1 aliphatic rings. The van der Waals surface area contributed by atoms with Crippen LogP contribution in [0.2, 0.25) is 0 Å². The molecule has 0 fully saturated rings. The third-order valence-corrected chi connectivity index (χ3v) is 5.60. The van der Waals surface area contributed by atoms with Crippen molar-refractivity contribution in [3.05, 3.63) is 59.1 Å². The average molecular weight is 411 g/mol. The van der Waals surface area contributed by atoms with Crippen molar-refractivity contribution in [2.45, 2.75) is 31.7 Å². The molecule has 0 bridgehead atoms. The van der Waals surface area contributed by atoms with Gasteiger partial charge in [0.25, 0.3) is 0 Å². The topological polar surface area (TPSA) is 93.0 Å². The second-order valence-electron chi connectivity index (χ2n) is 7.04. The van der Waals surface area contributed by atoms with Crippen LogP contribution in [0.3, 0.4) is 0 Å². The number of anilines is 1. The van der Waals surface area contributed by atoms with Gasteiger partial charge in [-0.15, -0.1) is 11.3 Å². The van der Waals surface area contributed by atoms with Crippen LogP contribution in [0.1, 0.15) is 35.7 Å². The molecule has 0 aliphatic carbocycles. The van der Waals surface area contributed by atoms with Crippen LogP contribution >= 0.6 is 11.3 Å². The second-order valence-corrected chi connectivity index (χ2v) is 7.94. The van der Waals surface area contributed by atoms with E-state index < -0.39 is 5.92 Å². The molecule has 3 aromatic rings. The van der Waals surface area contributed by atoms with Gasteiger partial charge in [-0.2, -0.15) is 5.10 Å². The van der Waals surface area contributed by atoms with E-state index in [9.17, 15) is 9.59 Å². The number of carbonyl (C=O) groups excluding carboxylic acids is 2. The Hall–Kier alpha value is -3.07. The fourth-order valence-corrected chi connectivity index (χ4v) is 4.08. The number of amides is 2. The Morgan fingerprint density at radius 1 is 1.28 bits per heavy atom. The highest BCUT2D eigenvalue weighted by molar-refractivity contribution is 7.13. The van der Waals surface area contributed by atoms with Crippen LogP contribution in [0.4, 0.5) is 5.13 Å². The van der Waals surface area contributed by atoms with Gasteiger partial charge in [0.1, 0.15) is 5.92 Å².